The van der Waals surface area contributed by atoms with Gasteiger partial charge in [0.1, 0.15) is 11.6 Å². The molecule has 1 heterocycles. The van der Waals surface area contributed by atoms with E-state index in [-0.39, 0.29) is 24.1 Å². The van der Waals surface area contributed by atoms with E-state index in [4.69, 9.17) is 0 Å². The van der Waals surface area contributed by atoms with Crippen molar-refractivity contribution in [2.75, 3.05) is 5.32 Å². The van der Waals surface area contributed by atoms with Crippen molar-refractivity contribution in [1.29, 1.82) is 0 Å². The SMILES string of the molecule is O=C(C[C@@H](c1ccccc1)n1cccc1)Nc1ccc(F)cc1F. The van der Waals surface area contributed by atoms with Crippen LogP contribution in [0.15, 0.2) is 73.1 Å². The lowest BCUT2D eigenvalue weighted by atomic mass is 10.0. The number of aromatic nitrogens is 1. The Bertz CT molecular complexity index is 817. The van der Waals surface area contributed by atoms with Gasteiger partial charge in [-0.15, -0.1) is 0 Å². The van der Waals surface area contributed by atoms with Crippen molar-refractivity contribution in [2.45, 2.75) is 12.5 Å². The van der Waals surface area contributed by atoms with E-state index < -0.39 is 11.6 Å². The van der Waals surface area contributed by atoms with Crippen molar-refractivity contribution in [3.63, 3.8) is 0 Å². The Morgan fingerprint density at radius 1 is 1.00 bits per heavy atom. The molecule has 0 unspecified atom stereocenters. The summed E-state index contributed by atoms with van der Waals surface area (Å²) in [7, 11) is 0. The molecule has 1 atom stereocenters. The van der Waals surface area contributed by atoms with Crippen molar-refractivity contribution in [3.05, 3.63) is 90.3 Å². The lowest BCUT2D eigenvalue weighted by Crippen LogP contribution is -2.20. The maximum atomic E-state index is 13.7. The summed E-state index contributed by atoms with van der Waals surface area (Å²) < 4.78 is 28.6. The highest BCUT2D eigenvalue weighted by molar-refractivity contribution is 5.91. The summed E-state index contributed by atoms with van der Waals surface area (Å²) in [6.07, 6.45) is 3.89. The summed E-state index contributed by atoms with van der Waals surface area (Å²) in [5.74, 6) is -1.82. The highest BCUT2D eigenvalue weighted by Gasteiger charge is 2.18. The van der Waals surface area contributed by atoms with Gasteiger partial charge in [-0.25, -0.2) is 8.78 Å². The molecule has 3 nitrogen and oxygen atoms in total. The molecule has 5 heteroatoms. The first-order chi connectivity index (χ1) is 11.6. The number of hydrogen-bond donors (Lipinski definition) is 1. The van der Waals surface area contributed by atoms with Gasteiger partial charge >= 0.3 is 0 Å². The smallest absolute Gasteiger partial charge is 0.226 e. The predicted molar refractivity (Wildman–Crippen MR) is 88.6 cm³/mol. The van der Waals surface area contributed by atoms with Gasteiger partial charge in [0.15, 0.2) is 0 Å². The van der Waals surface area contributed by atoms with Crippen molar-refractivity contribution in [2.24, 2.45) is 0 Å². The van der Waals surface area contributed by atoms with Gasteiger partial charge < -0.3 is 9.88 Å². The maximum absolute atomic E-state index is 13.7. The summed E-state index contributed by atoms with van der Waals surface area (Å²) in [6.45, 7) is 0. The number of anilines is 1. The Kier molecular flexibility index (Phi) is 4.70. The Morgan fingerprint density at radius 3 is 2.38 bits per heavy atom. The molecule has 3 aromatic rings. The first-order valence-corrected chi connectivity index (χ1v) is 7.56. The zero-order valence-corrected chi connectivity index (χ0v) is 12.8. The summed E-state index contributed by atoms with van der Waals surface area (Å²) in [5.41, 5.74) is 0.948. The van der Waals surface area contributed by atoms with Crippen molar-refractivity contribution in [1.82, 2.24) is 4.57 Å². The number of amides is 1. The van der Waals surface area contributed by atoms with Crippen LogP contribution in [-0.4, -0.2) is 10.5 Å². The van der Waals surface area contributed by atoms with Gasteiger partial charge in [-0.1, -0.05) is 30.3 Å². The van der Waals surface area contributed by atoms with Crippen LogP contribution in [0.3, 0.4) is 0 Å². The number of nitrogens with zero attached hydrogens (tertiary/aromatic N) is 1. The van der Waals surface area contributed by atoms with Crippen LogP contribution >= 0.6 is 0 Å². The molecule has 1 amide bonds. The molecule has 1 aromatic heterocycles. The molecule has 24 heavy (non-hydrogen) atoms. The van der Waals surface area contributed by atoms with Gasteiger partial charge in [0.05, 0.1) is 18.2 Å². The van der Waals surface area contributed by atoms with Crippen LogP contribution in [-0.2, 0) is 4.79 Å². The highest BCUT2D eigenvalue weighted by atomic mass is 19.1. The minimum atomic E-state index is -0.791. The largest absolute Gasteiger partial charge is 0.346 e. The van der Waals surface area contributed by atoms with E-state index in [1.807, 2.05) is 59.4 Å². The zero-order valence-electron chi connectivity index (χ0n) is 12.8. The molecule has 0 aliphatic heterocycles. The molecule has 0 fully saturated rings. The second kappa shape index (κ2) is 7.08. The lowest BCUT2D eigenvalue weighted by molar-refractivity contribution is -0.116. The molecular weight excluding hydrogens is 310 g/mol. The van der Waals surface area contributed by atoms with E-state index in [0.29, 0.717) is 0 Å². The van der Waals surface area contributed by atoms with Crippen molar-refractivity contribution < 1.29 is 13.6 Å². The number of nitrogens with one attached hydrogen (secondary N) is 1. The molecule has 0 bridgehead atoms. The fourth-order valence-corrected chi connectivity index (χ4v) is 2.59. The summed E-state index contributed by atoms with van der Waals surface area (Å²) in [5, 5.41) is 2.51. The standard InChI is InChI=1S/C19H16F2N2O/c20-15-8-9-17(16(21)12-15)22-19(24)13-18(23-10-4-5-11-23)14-6-2-1-3-7-14/h1-12,18H,13H2,(H,22,24)/t18-/m0/s1. The molecule has 2 aromatic carbocycles. The molecule has 0 aliphatic carbocycles. The number of benzene rings is 2. The van der Waals surface area contributed by atoms with Crippen LogP contribution in [0.2, 0.25) is 0 Å². The number of carbonyl (C=O) groups is 1. The van der Waals surface area contributed by atoms with E-state index in [1.54, 1.807) is 0 Å². The third kappa shape index (κ3) is 3.68. The minimum Gasteiger partial charge on any atom is -0.346 e. The third-order valence-electron chi connectivity index (χ3n) is 3.76. The average molecular weight is 326 g/mol. The highest BCUT2D eigenvalue weighted by Crippen LogP contribution is 2.23. The molecule has 122 valence electrons. The van der Waals surface area contributed by atoms with Crippen LogP contribution < -0.4 is 5.32 Å². The van der Waals surface area contributed by atoms with Crippen molar-refractivity contribution in [3.8, 4) is 0 Å². The molecule has 3 rings (SSSR count). The van der Waals surface area contributed by atoms with Crippen LogP contribution in [0, 0.1) is 11.6 Å². The van der Waals surface area contributed by atoms with Gasteiger partial charge in [-0.2, -0.15) is 0 Å². The van der Waals surface area contributed by atoms with E-state index in [9.17, 15) is 13.6 Å². The summed E-state index contributed by atoms with van der Waals surface area (Å²) >= 11 is 0. The van der Waals surface area contributed by atoms with E-state index in [0.717, 1.165) is 17.7 Å². The third-order valence-corrected chi connectivity index (χ3v) is 3.76. The van der Waals surface area contributed by atoms with Crippen molar-refractivity contribution >= 4 is 11.6 Å². The number of rotatable bonds is 5. The molecule has 0 saturated heterocycles. The van der Waals surface area contributed by atoms with Crippen LogP contribution in [0.25, 0.3) is 0 Å². The number of carbonyl (C=O) groups excluding carboxylic acids is 1. The Morgan fingerprint density at radius 2 is 1.71 bits per heavy atom. The van der Waals surface area contributed by atoms with Crippen LogP contribution in [0.4, 0.5) is 14.5 Å². The molecule has 0 aliphatic rings. The summed E-state index contributed by atoms with van der Waals surface area (Å²) in [4.78, 5) is 12.3. The van der Waals surface area contributed by atoms with Gasteiger partial charge in [-0.3, -0.25) is 4.79 Å². The second-order valence-corrected chi connectivity index (χ2v) is 5.43. The molecule has 0 saturated carbocycles. The Hall–Kier alpha value is -2.95. The fourth-order valence-electron chi connectivity index (χ4n) is 2.59. The average Bonchev–Trinajstić information content (AvgIpc) is 3.10. The summed E-state index contributed by atoms with van der Waals surface area (Å²) in [6, 6.07) is 16.2. The molecule has 0 radical (unpaired) electrons. The van der Waals surface area contributed by atoms with Gasteiger partial charge in [0, 0.05) is 18.5 Å². The monoisotopic (exact) mass is 326 g/mol. The fraction of sp³-hybridized carbons (Fsp3) is 0.105. The first kappa shape index (κ1) is 15.9. The van der Waals surface area contributed by atoms with Crippen LogP contribution in [0.1, 0.15) is 18.0 Å². The topological polar surface area (TPSA) is 34.0 Å². The second-order valence-electron chi connectivity index (χ2n) is 5.43. The predicted octanol–water partition coefficient (Wildman–Crippen LogP) is 4.38. The zero-order chi connectivity index (χ0) is 16.9. The van der Waals surface area contributed by atoms with Gasteiger partial charge in [0.2, 0.25) is 5.91 Å². The lowest BCUT2D eigenvalue weighted by Gasteiger charge is -2.19. The van der Waals surface area contributed by atoms with Gasteiger partial charge in [0.25, 0.3) is 0 Å². The van der Waals surface area contributed by atoms with E-state index in [1.165, 1.54) is 6.07 Å². The Labute approximate surface area is 138 Å². The van der Waals surface area contributed by atoms with Gasteiger partial charge in [-0.05, 0) is 29.8 Å². The molecule has 1 N–H and O–H groups in total. The molecule has 0 spiro atoms. The van der Waals surface area contributed by atoms with E-state index in [2.05, 4.69) is 5.32 Å². The normalized spacial score (nSPS) is 11.9. The minimum absolute atomic E-state index is 0.0271. The number of hydrogen-bond acceptors (Lipinski definition) is 1. The van der Waals surface area contributed by atoms with E-state index >= 15 is 0 Å². The molecular formula is C19H16F2N2O. The maximum Gasteiger partial charge on any atom is 0.226 e. The number of halogens is 2. The quantitative estimate of drug-likeness (QED) is 0.741. The Balaban J connectivity index is 1.79. The first-order valence-electron chi connectivity index (χ1n) is 7.56. The van der Waals surface area contributed by atoms with Crippen LogP contribution in [0.5, 0.6) is 0 Å².